The van der Waals surface area contributed by atoms with Gasteiger partial charge in [0.05, 0.1) is 25.0 Å². The average Bonchev–Trinajstić information content (AvgIpc) is 2.98. The molecule has 0 unspecified atom stereocenters. The number of benzene rings is 1. The molecule has 0 aliphatic heterocycles. The zero-order valence-corrected chi connectivity index (χ0v) is 16.5. The van der Waals surface area contributed by atoms with E-state index in [0.29, 0.717) is 28.9 Å². The van der Waals surface area contributed by atoms with Gasteiger partial charge in [-0.25, -0.2) is 9.67 Å². The predicted molar refractivity (Wildman–Crippen MR) is 109 cm³/mol. The molecule has 134 valence electrons. The molecule has 0 N–H and O–H groups in total. The minimum Gasteiger partial charge on any atom is -0.302 e. The number of halogens is 1. The molecule has 1 aromatic carbocycles. The fourth-order valence-electron chi connectivity index (χ4n) is 3.15. The monoisotopic (exact) mass is 421 g/mol. The normalized spacial score (nSPS) is 10.9. The van der Waals surface area contributed by atoms with E-state index in [2.05, 4.69) is 42.8 Å². The molecule has 0 amide bonds. The molecular formula is C20H16BrN5O. The highest BCUT2D eigenvalue weighted by atomic mass is 79.9. The van der Waals surface area contributed by atoms with Gasteiger partial charge in [0.15, 0.2) is 4.73 Å². The molecule has 3 heterocycles. The van der Waals surface area contributed by atoms with Crippen molar-refractivity contribution in [3.8, 4) is 11.8 Å². The van der Waals surface area contributed by atoms with E-state index in [0.717, 1.165) is 22.2 Å². The molecule has 0 saturated heterocycles. The van der Waals surface area contributed by atoms with Crippen LogP contribution in [0.4, 0.5) is 0 Å². The molecule has 0 fully saturated rings. The molecule has 27 heavy (non-hydrogen) atoms. The van der Waals surface area contributed by atoms with Crippen LogP contribution < -0.4 is 5.56 Å². The Bertz CT molecular complexity index is 1290. The van der Waals surface area contributed by atoms with E-state index in [9.17, 15) is 4.79 Å². The van der Waals surface area contributed by atoms with E-state index in [1.54, 1.807) is 17.7 Å². The minimum absolute atomic E-state index is 0.212. The number of hydrogen-bond donors (Lipinski definition) is 0. The molecule has 0 radical (unpaired) electrons. The molecule has 0 saturated carbocycles. The zero-order chi connectivity index (χ0) is 19.0. The van der Waals surface area contributed by atoms with E-state index in [1.807, 2.05) is 37.3 Å². The topological polar surface area (TPSA) is 65.6 Å². The Hall–Kier alpha value is -2.98. The summed E-state index contributed by atoms with van der Waals surface area (Å²) in [4.78, 5) is 22.1. The molecule has 0 aliphatic rings. The molecule has 0 spiro atoms. The van der Waals surface area contributed by atoms with Crippen molar-refractivity contribution in [2.24, 2.45) is 0 Å². The third kappa shape index (κ3) is 3.13. The van der Waals surface area contributed by atoms with E-state index >= 15 is 0 Å². The van der Waals surface area contributed by atoms with E-state index in [-0.39, 0.29) is 5.56 Å². The van der Waals surface area contributed by atoms with Crippen LogP contribution in [0, 0.1) is 18.8 Å². The van der Waals surface area contributed by atoms with Crippen molar-refractivity contribution >= 4 is 37.7 Å². The van der Waals surface area contributed by atoms with Crippen molar-refractivity contribution in [3.63, 3.8) is 0 Å². The molecular weight excluding hydrogens is 406 g/mol. The zero-order valence-electron chi connectivity index (χ0n) is 14.9. The van der Waals surface area contributed by atoms with E-state index < -0.39 is 0 Å². The SMILES string of the molecule is CC#CCn1c(Br)nc2cnn(Cc3nc(C)cc4ccccc34)c(=O)c21. The lowest BCUT2D eigenvalue weighted by Gasteiger charge is -2.09. The molecule has 4 aromatic rings. The van der Waals surface area contributed by atoms with Gasteiger partial charge < -0.3 is 4.57 Å². The molecule has 7 heteroatoms. The Morgan fingerprint density at radius 2 is 2.04 bits per heavy atom. The lowest BCUT2D eigenvalue weighted by atomic mass is 10.1. The Morgan fingerprint density at radius 1 is 1.22 bits per heavy atom. The van der Waals surface area contributed by atoms with Crippen molar-refractivity contribution in [2.45, 2.75) is 26.9 Å². The van der Waals surface area contributed by atoms with Gasteiger partial charge in [-0.1, -0.05) is 30.2 Å². The minimum atomic E-state index is -0.212. The van der Waals surface area contributed by atoms with Crippen LogP contribution in [0.15, 0.2) is 46.1 Å². The number of nitrogens with zero attached hydrogens (tertiary/aromatic N) is 5. The van der Waals surface area contributed by atoms with Crippen LogP contribution in [0.3, 0.4) is 0 Å². The van der Waals surface area contributed by atoms with Crippen molar-refractivity contribution < 1.29 is 0 Å². The molecule has 6 nitrogen and oxygen atoms in total. The van der Waals surface area contributed by atoms with Gasteiger partial charge in [-0.15, -0.1) is 5.92 Å². The fraction of sp³-hybridized carbons (Fsp3) is 0.200. The van der Waals surface area contributed by atoms with Crippen LogP contribution in [-0.4, -0.2) is 24.3 Å². The Balaban J connectivity index is 1.87. The number of fused-ring (bicyclic) bond motifs is 2. The van der Waals surface area contributed by atoms with Gasteiger partial charge in [0.2, 0.25) is 0 Å². The van der Waals surface area contributed by atoms with Crippen molar-refractivity contribution in [1.82, 2.24) is 24.3 Å². The third-order valence-corrected chi connectivity index (χ3v) is 4.97. The number of aromatic nitrogens is 5. The Morgan fingerprint density at radius 3 is 2.85 bits per heavy atom. The van der Waals surface area contributed by atoms with E-state index in [4.69, 9.17) is 0 Å². The first-order chi connectivity index (χ1) is 13.1. The summed E-state index contributed by atoms with van der Waals surface area (Å²) in [6, 6.07) is 10.1. The first kappa shape index (κ1) is 17.4. The molecule has 0 atom stereocenters. The highest BCUT2D eigenvalue weighted by molar-refractivity contribution is 9.10. The number of aryl methyl sites for hydroxylation is 1. The van der Waals surface area contributed by atoms with E-state index in [1.165, 1.54) is 4.68 Å². The summed E-state index contributed by atoms with van der Waals surface area (Å²) in [5, 5.41) is 6.42. The quantitative estimate of drug-likeness (QED) is 0.476. The molecule has 0 aliphatic carbocycles. The summed E-state index contributed by atoms with van der Waals surface area (Å²) in [6.07, 6.45) is 1.61. The van der Waals surface area contributed by atoms with Crippen LogP contribution in [0.1, 0.15) is 18.3 Å². The van der Waals surface area contributed by atoms with Crippen LogP contribution in [0.2, 0.25) is 0 Å². The summed E-state index contributed by atoms with van der Waals surface area (Å²) >= 11 is 3.40. The van der Waals surface area contributed by atoms with Crippen LogP contribution in [0.25, 0.3) is 21.8 Å². The maximum Gasteiger partial charge on any atom is 0.293 e. The van der Waals surface area contributed by atoms with Crippen LogP contribution in [0.5, 0.6) is 0 Å². The summed E-state index contributed by atoms with van der Waals surface area (Å²) in [6.45, 7) is 4.39. The maximum absolute atomic E-state index is 13.1. The Kier molecular flexibility index (Phi) is 4.50. The van der Waals surface area contributed by atoms with Gasteiger partial charge in [-0.05, 0) is 41.2 Å². The van der Waals surface area contributed by atoms with Crippen molar-refractivity contribution in [1.29, 1.82) is 0 Å². The number of hydrogen-bond acceptors (Lipinski definition) is 4. The second-order valence-corrected chi connectivity index (χ2v) is 6.88. The number of imidazole rings is 1. The van der Waals surface area contributed by atoms with Gasteiger partial charge >= 0.3 is 0 Å². The lowest BCUT2D eigenvalue weighted by molar-refractivity contribution is 0.633. The summed E-state index contributed by atoms with van der Waals surface area (Å²) in [7, 11) is 0. The first-order valence-electron chi connectivity index (χ1n) is 8.45. The third-order valence-electron chi connectivity index (χ3n) is 4.37. The fourth-order valence-corrected chi connectivity index (χ4v) is 3.64. The highest BCUT2D eigenvalue weighted by Crippen LogP contribution is 2.20. The summed E-state index contributed by atoms with van der Waals surface area (Å²) in [5.41, 5.74) is 2.54. The smallest absolute Gasteiger partial charge is 0.293 e. The molecule has 0 bridgehead atoms. The largest absolute Gasteiger partial charge is 0.302 e. The second-order valence-electron chi connectivity index (χ2n) is 6.17. The van der Waals surface area contributed by atoms with Gasteiger partial charge in [-0.3, -0.25) is 9.78 Å². The maximum atomic E-state index is 13.1. The lowest BCUT2D eigenvalue weighted by Crippen LogP contribution is -2.25. The summed E-state index contributed by atoms with van der Waals surface area (Å²) < 4.78 is 3.75. The summed E-state index contributed by atoms with van der Waals surface area (Å²) in [5.74, 6) is 5.82. The van der Waals surface area contributed by atoms with Crippen molar-refractivity contribution in [3.05, 3.63) is 63.0 Å². The van der Waals surface area contributed by atoms with Crippen LogP contribution in [-0.2, 0) is 13.1 Å². The van der Waals surface area contributed by atoms with Gasteiger partial charge in [0.25, 0.3) is 5.56 Å². The van der Waals surface area contributed by atoms with Gasteiger partial charge in [-0.2, -0.15) is 5.10 Å². The van der Waals surface area contributed by atoms with Gasteiger partial charge in [0.1, 0.15) is 11.0 Å². The van der Waals surface area contributed by atoms with Gasteiger partial charge in [0, 0.05) is 11.1 Å². The first-order valence-corrected chi connectivity index (χ1v) is 9.24. The van der Waals surface area contributed by atoms with Crippen LogP contribution >= 0.6 is 15.9 Å². The average molecular weight is 422 g/mol. The highest BCUT2D eigenvalue weighted by Gasteiger charge is 2.15. The predicted octanol–water partition coefficient (Wildman–Crippen LogP) is 3.28. The van der Waals surface area contributed by atoms with Crippen molar-refractivity contribution in [2.75, 3.05) is 0 Å². The molecule has 4 rings (SSSR count). The number of pyridine rings is 1. The second kappa shape index (κ2) is 6.97. The Labute approximate surface area is 164 Å². The standard InChI is InChI=1S/C20H16BrN5O/c1-3-4-9-25-18-16(24-20(25)21)11-22-26(19(18)27)12-17-15-8-6-5-7-14(15)10-13(2)23-17/h5-8,10-11H,9,12H2,1-2H3. The molecule has 3 aromatic heterocycles. The number of rotatable bonds is 3.